The third kappa shape index (κ3) is 6.87. The lowest BCUT2D eigenvalue weighted by atomic mass is 9.81. The van der Waals surface area contributed by atoms with Crippen LogP contribution in [0.1, 0.15) is 104 Å². The van der Waals surface area contributed by atoms with Gasteiger partial charge in [-0.25, -0.2) is 18.4 Å². The maximum absolute atomic E-state index is 15.5. The summed E-state index contributed by atoms with van der Waals surface area (Å²) in [6.45, 7) is 19.0. The summed E-state index contributed by atoms with van der Waals surface area (Å²) in [6.07, 6.45) is 0.581. The van der Waals surface area contributed by atoms with E-state index in [1.165, 1.54) is 19.1 Å². The Morgan fingerprint density at radius 2 is 1.50 bits per heavy atom. The average Bonchev–Trinajstić information content (AvgIpc) is 3.22. The molecule has 44 heavy (non-hydrogen) atoms. The van der Waals surface area contributed by atoms with Gasteiger partial charge in [-0.2, -0.15) is 5.10 Å². The zero-order valence-electron chi connectivity index (χ0n) is 27.8. The molecule has 2 aliphatic rings. The molecule has 3 heterocycles. The highest BCUT2D eigenvalue weighted by atomic mass is 19.2. The molecule has 0 aliphatic carbocycles. The van der Waals surface area contributed by atoms with Crippen LogP contribution in [0.3, 0.4) is 0 Å². The number of aromatic nitrogens is 2. The zero-order valence-corrected chi connectivity index (χ0v) is 27.8. The highest BCUT2D eigenvalue weighted by Crippen LogP contribution is 2.44. The fourth-order valence-electron chi connectivity index (χ4n) is 6.32. The number of piperidine rings is 2. The van der Waals surface area contributed by atoms with Crippen LogP contribution in [0, 0.1) is 25.5 Å². The predicted molar refractivity (Wildman–Crippen MR) is 163 cm³/mol. The highest BCUT2D eigenvalue weighted by molar-refractivity contribution is 5.70. The Hall–Kier alpha value is -3.21. The molecule has 1 unspecified atom stereocenters. The number of carbonyl (C=O) groups is 2. The summed E-state index contributed by atoms with van der Waals surface area (Å²) in [4.78, 5) is 29.0. The quantitative estimate of drug-likeness (QED) is 0.397. The summed E-state index contributed by atoms with van der Waals surface area (Å²) in [5, 5.41) is 17.0. The molecule has 9 nitrogen and oxygen atoms in total. The third-order valence-corrected chi connectivity index (χ3v) is 8.50. The maximum atomic E-state index is 15.5. The van der Waals surface area contributed by atoms with Gasteiger partial charge in [0.1, 0.15) is 16.9 Å². The molecule has 1 aromatic carbocycles. The molecule has 2 saturated heterocycles. The normalized spacial score (nSPS) is 20.4. The molecule has 1 aromatic heterocycles. The molecule has 2 aromatic rings. The summed E-state index contributed by atoms with van der Waals surface area (Å²) in [6, 6.07) is 2.82. The summed E-state index contributed by atoms with van der Waals surface area (Å²) in [5.74, 6) is -1.98. The summed E-state index contributed by atoms with van der Waals surface area (Å²) in [7, 11) is 0. The first-order chi connectivity index (χ1) is 20.1. The molecular formula is C33H48F2N4O5. The van der Waals surface area contributed by atoms with Crippen molar-refractivity contribution >= 4 is 12.2 Å². The Bertz CT molecular complexity index is 1410. The Kier molecular flexibility index (Phi) is 8.89. The Morgan fingerprint density at radius 1 is 0.932 bits per heavy atom. The van der Waals surface area contributed by atoms with Crippen LogP contribution in [-0.4, -0.2) is 73.2 Å². The van der Waals surface area contributed by atoms with E-state index in [-0.39, 0.29) is 54.9 Å². The molecule has 1 atom stereocenters. The first-order valence-corrected chi connectivity index (χ1v) is 15.4. The number of benzene rings is 1. The smallest absolute Gasteiger partial charge is 0.410 e. The second kappa shape index (κ2) is 11.6. The second-order valence-electron chi connectivity index (χ2n) is 14.9. The highest BCUT2D eigenvalue weighted by Gasteiger charge is 2.45. The minimum Gasteiger partial charge on any atom is -0.444 e. The topological polar surface area (TPSA) is 97.1 Å². The average molecular weight is 619 g/mol. The van der Waals surface area contributed by atoms with Gasteiger partial charge in [-0.15, -0.1) is 0 Å². The molecule has 4 rings (SSSR count). The molecule has 2 aliphatic heterocycles. The van der Waals surface area contributed by atoms with E-state index in [0.29, 0.717) is 30.6 Å². The van der Waals surface area contributed by atoms with E-state index < -0.39 is 40.1 Å². The van der Waals surface area contributed by atoms with Crippen molar-refractivity contribution in [3.05, 3.63) is 40.6 Å². The summed E-state index contributed by atoms with van der Waals surface area (Å²) >= 11 is 0. The van der Waals surface area contributed by atoms with Gasteiger partial charge < -0.3 is 24.4 Å². The second-order valence-corrected chi connectivity index (χ2v) is 14.9. The van der Waals surface area contributed by atoms with Gasteiger partial charge >= 0.3 is 12.2 Å². The van der Waals surface area contributed by atoms with Crippen molar-refractivity contribution in [2.45, 2.75) is 123 Å². The van der Waals surface area contributed by atoms with E-state index in [2.05, 4.69) is 0 Å². The first-order valence-electron chi connectivity index (χ1n) is 15.4. The first kappa shape index (κ1) is 33.7. The van der Waals surface area contributed by atoms with Crippen LogP contribution in [0.25, 0.3) is 11.3 Å². The van der Waals surface area contributed by atoms with Gasteiger partial charge in [-0.3, -0.25) is 4.68 Å². The monoisotopic (exact) mass is 618 g/mol. The van der Waals surface area contributed by atoms with Gasteiger partial charge in [0.2, 0.25) is 0 Å². The number of aliphatic hydroxyl groups is 1. The van der Waals surface area contributed by atoms with E-state index in [9.17, 15) is 19.1 Å². The maximum Gasteiger partial charge on any atom is 0.410 e. The van der Waals surface area contributed by atoms with E-state index in [1.54, 1.807) is 35.3 Å². The Balaban J connectivity index is 1.72. The van der Waals surface area contributed by atoms with Gasteiger partial charge in [0, 0.05) is 42.0 Å². The third-order valence-electron chi connectivity index (χ3n) is 8.50. The van der Waals surface area contributed by atoms with Crippen molar-refractivity contribution in [2.75, 3.05) is 19.6 Å². The SMILES string of the molecule is Cc1ccc(-c2nn(C3CCN(C(=O)OC(C)(C)C)C(C)(C)C3)c(C)c2C2(O)CCN(C(=O)OC(C)(C)C)CC2)c(F)c1F. The molecule has 11 heteroatoms. The molecular weight excluding hydrogens is 570 g/mol. The molecule has 0 spiro atoms. The number of halogens is 2. The van der Waals surface area contributed by atoms with Crippen LogP contribution in [0.15, 0.2) is 12.1 Å². The molecule has 0 saturated carbocycles. The van der Waals surface area contributed by atoms with Crippen LogP contribution < -0.4 is 0 Å². The predicted octanol–water partition coefficient (Wildman–Crippen LogP) is 7.01. The van der Waals surface area contributed by atoms with Crippen molar-refractivity contribution in [1.82, 2.24) is 19.6 Å². The van der Waals surface area contributed by atoms with Crippen molar-refractivity contribution in [2.24, 2.45) is 0 Å². The number of likely N-dealkylation sites (tertiary alicyclic amines) is 2. The van der Waals surface area contributed by atoms with E-state index in [4.69, 9.17) is 14.6 Å². The molecule has 0 radical (unpaired) electrons. The van der Waals surface area contributed by atoms with Crippen molar-refractivity contribution in [1.29, 1.82) is 0 Å². The van der Waals surface area contributed by atoms with Crippen LogP contribution in [0.5, 0.6) is 0 Å². The lowest BCUT2D eigenvalue weighted by Crippen LogP contribution is -2.54. The van der Waals surface area contributed by atoms with Crippen molar-refractivity contribution in [3.8, 4) is 11.3 Å². The van der Waals surface area contributed by atoms with Gasteiger partial charge in [0.05, 0.1) is 11.6 Å². The van der Waals surface area contributed by atoms with Gasteiger partial charge in [0.15, 0.2) is 11.6 Å². The number of carbonyl (C=O) groups excluding carboxylic acids is 2. The number of hydrogen-bond acceptors (Lipinski definition) is 6. The largest absolute Gasteiger partial charge is 0.444 e. The lowest BCUT2D eigenvalue weighted by Gasteiger charge is -2.45. The van der Waals surface area contributed by atoms with Gasteiger partial charge in [0.25, 0.3) is 0 Å². The van der Waals surface area contributed by atoms with E-state index >= 15 is 4.39 Å². The number of hydrogen-bond donors (Lipinski definition) is 1. The Morgan fingerprint density at radius 3 is 2.05 bits per heavy atom. The fraction of sp³-hybridized carbons (Fsp3) is 0.667. The lowest BCUT2D eigenvalue weighted by molar-refractivity contribution is -0.0357. The van der Waals surface area contributed by atoms with Crippen LogP contribution >= 0.6 is 0 Å². The summed E-state index contributed by atoms with van der Waals surface area (Å²) < 4.78 is 43.3. The molecule has 2 fully saturated rings. The number of ether oxygens (including phenoxy) is 2. The summed E-state index contributed by atoms with van der Waals surface area (Å²) in [5.41, 5.74) is -1.93. The van der Waals surface area contributed by atoms with Crippen LogP contribution in [-0.2, 0) is 15.1 Å². The zero-order chi connectivity index (χ0) is 33.0. The molecule has 1 N–H and O–H groups in total. The van der Waals surface area contributed by atoms with Crippen LogP contribution in [0.2, 0.25) is 0 Å². The number of rotatable bonds is 3. The molecule has 0 bridgehead atoms. The van der Waals surface area contributed by atoms with E-state index in [1.807, 2.05) is 41.5 Å². The van der Waals surface area contributed by atoms with Crippen molar-refractivity contribution < 1.29 is 33.0 Å². The minimum absolute atomic E-state index is 0.0293. The molecule has 2 amide bonds. The Labute approximate surface area is 259 Å². The van der Waals surface area contributed by atoms with Crippen molar-refractivity contribution in [3.63, 3.8) is 0 Å². The number of nitrogens with zero attached hydrogens (tertiary/aromatic N) is 4. The standard InChI is InChI=1S/C33H48F2N4O5/c1-20-11-12-23(26(35)25(20)34)27-24(33(42)14-17-37(18-15-33)28(40)43-30(3,4)5)21(2)39(36-27)22-13-16-38(32(9,10)19-22)29(41)44-31(6,7)8/h11-12,22,42H,13-19H2,1-10H3. The minimum atomic E-state index is -1.45. The van der Waals surface area contributed by atoms with Gasteiger partial charge in [-0.1, -0.05) is 6.07 Å². The molecule has 244 valence electrons. The number of amides is 2. The van der Waals surface area contributed by atoms with E-state index in [0.717, 1.165) is 0 Å². The van der Waals surface area contributed by atoms with Gasteiger partial charge in [-0.05, 0) is 107 Å². The fourth-order valence-corrected chi connectivity index (χ4v) is 6.32. The number of aryl methyl sites for hydroxylation is 1. The van der Waals surface area contributed by atoms with Crippen LogP contribution in [0.4, 0.5) is 18.4 Å².